The summed E-state index contributed by atoms with van der Waals surface area (Å²) in [5, 5.41) is 4.03. The molecular weight excluding hydrogens is 453 g/mol. The molecular formula is C24H28N2OSY-2. The zero-order valence-electron chi connectivity index (χ0n) is 17.7. The maximum Gasteiger partial charge on any atom is 0.177 e. The molecule has 0 saturated heterocycles. The largest absolute Gasteiger partial charge is 0.385 e. The molecule has 1 fully saturated rings. The summed E-state index contributed by atoms with van der Waals surface area (Å²) >= 11 is 1.40. The number of ketones is 1. The number of benzene rings is 2. The van der Waals surface area contributed by atoms with Crippen LogP contribution in [0.2, 0.25) is 0 Å². The Kier molecular flexibility index (Phi) is 12.2. The fraction of sp³-hybridized carbons (Fsp3) is 0.292. The fourth-order valence-corrected chi connectivity index (χ4v) is 3.28. The first kappa shape index (κ1) is 25.7. The molecule has 0 unspecified atom stereocenters. The second-order valence-electron chi connectivity index (χ2n) is 6.07. The van der Waals surface area contributed by atoms with E-state index in [-0.39, 0.29) is 38.5 Å². The van der Waals surface area contributed by atoms with Gasteiger partial charge in [0, 0.05) is 44.7 Å². The van der Waals surface area contributed by atoms with Crippen LogP contribution in [-0.4, -0.2) is 10.8 Å². The van der Waals surface area contributed by atoms with Crippen LogP contribution in [0.15, 0.2) is 48.5 Å². The van der Waals surface area contributed by atoms with E-state index in [4.69, 9.17) is 0 Å². The molecule has 3 nitrogen and oxygen atoms in total. The predicted molar refractivity (Wildman–Crippen MR) is 120 cm³/mol. The molecule has 1 N–H and O–H groups in total. The zero-order chi connectivity index (χ0) is 20.4. The summed E-state index contributed by atoms with van der Waals surface area (Å²) in [6, 6.07) is 18.6. The Balaban J connectivity index is 0.000000626. The average Bonchev–Trinajstić information content (AvgIpc) is 3.58. The van der Waals surface area contributed by atoms with Crippen molar-refractivity contribution < 1.29 is 37.5 Å². The van der Waals surface area contributed by atoms with Crippen LogP contribution in [0.5, 0.6) is 0 Å². The minimum Gasteiger partial charge on any atom is -0.385 e. The monoisotopic (exact) mass is 481 g/mol. The van der Waals surface area contributed by atoms with Gasteiger partial charge in [0.1, 0.15) is 0 Å². The van der Waals surface area contributed by atoms with E-state index in [2.05, 4.69) is 22.8 Å². The SMILES string of the molecule is CC.CCC(=O)c1sc(Nc2c[c-]ccc2C)nc1-c1ccccc1.[CH-]1CC1.[Y]. The van der Waals surface area contributed by atoms with Crippen LogP contribution in [0, 0.1) is 19.4 Å². The van der Waals surface area contributed by atoms with Crippen molar-refractivity contribution in [3.63, 3.8) is 0 Å². The molecule has 151 valence electrons. The molecule has 2 aromatic carbocycles. The molecule has 1 radical (unpaired) electrons. The van der Waals surface area contributed by atoms with Crippen LogP contribution in [0.4, 0.5) is 10.8 Å². The van der Waals surface area contributed by atoms with Crippen LogP contribution in [0.3, 0.4) is 0 Å². The van der Waals surface area contributed by atoms with Gasteiger partial charge in [-0.15, -0.1) is 5.56 Å². The molecule has 0 spiro atoms. The van der Waals surface area contributed by atoms with Crippen LogP contribution < -0.4 is 5.32 Å². The van der Waals surface area contributed by atoms with Crippen molar-refractivity contribution in [2.24, 2.45) is 0 Å². The number of nitrogens with zero attached hydrogens (tertiary/aromatic N) is 1. The van der Waals surface area contributed by atoms with Gasteiger partial charge in [-0.2, -0.15) is 24.3 Å². The van der Waals surface area contributed by atoms with E-state index in [9.17, 15) is 4.79 Å². The summed E-state index contributed by atoms with van der Waals surface area (Å²) in [6.45, 7) is 7.90. The summed E-state index contributed by atoms with van der Waals surface area (Å²) in [5.74, 6) is 0.116. The van der Waals surface area contributed by atoms with Gasteiger partial charge < -0.3 is 11.7 Å². The maximum atomic E-state index is 12.3. The van der Waals surface area contributed by atoms with Gasteiger partial charge in [-0.25, -0.2) is 17.8 Å². The molecule has 0 bridgehead atoms. The maximum absolute atomic E-state index is 12.3. The van der Waals surface area contributed by atoms with E-state index in [1.165, 1.54) is 24.2 Å². The van der Waals surface area contributed by atoms with Crippen LogP contribution in [-0.2, 0) is 32.7 Å². The fourth-order valence-electron chi connectivity index (χ4n) is 2.27. The van der Waals surface area contributed by atoms with Gasteiger partial charge in [-0.05, 0) is 0 Å². The summed E-state index contributed by atoms with van der Waals surface area (Å²) in [6.07, 6.45) is 5.47. The number of anilines is 2. The van der Waals surface area contributed by atoms with Crippen molar-refractivity contribution in [3.8, 4) is 11.3 Å². The average molecular weight is 481 g/mol. The van der Waals surface area contributed by atoms with Crippen LogP contribution >= 0.6 is 11.3 Å². The molecule has 1 aliphatic carbocycles. The number of carbonyl (C=O) groups is 1. The molecule has 3 aromatic rings. The Bertz CT molecular complexity index is 873. The number of aromatic nitrogens is 1. The topological polar surface area (TPSA) is 42.0 Å². The molecule has 1 aliphatic rings. The van der Waals surface area contributed by atoms with Gasteiger partial charge in [0.25, 0.3) is 0 Å². The third kappa shape index (κ3) is 8.12. The van der Waals surface area contributed by atoms with Crippen molar-refractivity contribution in [3.05, 3.63) is 71.5 Å². The summed E-state index contributed by atoms with van der Waals surface area (Å²) in [5.41, 5.74) is 3.78. The van der Waals surface area contributed by atoms with Gasteiger partial charge in [-0.3, -0.25) is 4.79 Å². The number of aryl methyl sites for hydroxylation is 1. The van der Waals surface area contributed by atoms with Gasteiger partial charge >= 0.3 is 0 Å². The number of thiazole rings is 1. The van der Waals surface area contributed by atoms with E-state index in [0.717, 1.165) is 27.6 Å². The van der Waals surface area contributed by atoms with Crippen molar-refractivity contribution in [1.82, 2.24) is 4.98 Å². The van der Waals surface area contributed by atoms with Crippen LogP contribution in [0.1, 0.15) is 55.3 Å². The summed E-state index contributed by atoms with van der Waals surface area (Å²) in [7, 11) is 0. The first-order valence-electron chi connectivity index (χ1n) is 9.84. The summed E-state index contributed by atoms with van der Waals surface area (Å²) < 4.78 is 0. The number of nitrogens with one attached hydrogen (secondary N) is 1. The van der Waals surface area contributed by atoms with Crippen molar-refractivity contribution in [1.29, 1.82) is 0 Å². The first-order chi connectivity index (χ1) is 13.7. The number of Topliss-reactive ketones (excluding diaryl/α,β-unsaturated/α-hetero) is 1. The molecule has 1 aromatic heterocycles. The molecule has 1 saturated carbocycles. The Morgan fingerprint density at radius 3 is 2.41 bits per heavy atom. The Hall–Kier alpha value is -1.36. The number of hydrogen-bond donors (Lipinski definition) is 1. The predicted octanol–water partition coefficient (Wildman–Crippen LogP) is 7.26. The molecule has 1 heterocycles. The van der Waals surface area contributed by atoms with Crippen molar-refractivity contribution in [2.75, 3.05) is 5.32 Å². The normalized spacial score (nSPS) is 11.0. The minimum absolute atomic E-state index is 0. The quantitative estimate of drug-likeness (QED) is 0.308. The molecule has 4 rings (SSSR count). The second-order valence-corrected chi connectivity index (χ2v) is 7.07. The standard InChI is InChI=1S/C19H17N2OS.C3H5.C2H6.Y/c1-3-16(22)18-17(14-10-5-4-6-11-14)21-19(23-18)20-15-12-8-7-9-13(15)2;1-2-3-1;1-2;/h4-7,9-12H,3H2,1-2H3,(H,20,21);1H,2-3H2;1-2H3;/q2*-1;;. The van der Waals surface area contributed by atoms with Crippen LogP contribution in [0.25, 0.3) is 11.3 Å². The second kappa shape index (κ2) is 13.8. The van der Waals surface area contributed by atoms with Crippen molar-refractivity contribution in [2.45, 2.75) is 47.0 Å². The summed E-state index contributed by atoms with van der Waals surface area (Å²) in [4.78, 5) is 17.6. The Morgan fingerprint density at radius 1 is 1.21 bits per heavy atom. The van der Waals surface area contributed by atoms with E-state index in [1.54, 1.807) is 0 Å². The number of rotatable bonds is 5. The smallest absolute Gasteiger partial charge is 0.177 e. The third-order valence-corrected chi connectivity index (χ3v) is 4.87. The Morgan fingerprint density at radius 2 is 1.86 bits per heavy atom. The van der Waals surface area contributed by atoms with E-state index in [0.29, 0.717) is 11.3 Å². The van der Waals surface area contributed by atoms with E-state index >= 15 is 0 Å². The molecule has 0 amide bonds. The molecule has 0 atom stereocenters. The number of hydrogen-bond acceptors (Lipinski definition) is 4. The first-order valence-corrected chi connectivity index (χ1v) is 10.7. The van der Waals surface area contributed by atoms with Gasteiger partial charge in [0.15, 0.2) is 10.9 Å². The molecule has 0 aliphatic heterocycles. The third-order valence-electron chi connectivity index (χ3n) is 3.86. The van der Waals surface area contributed by atoms with E-state index < -0.39 is 0 Å². The molecule has 29 heavy (non-hydrogen) atoms. The number of carbonyl (C=O) groups excluding carboxylic acids is 1. The van der Waals surface area contributed by atoms with Gasteiger partial charge in [0.05, 0.1) is 10.6 Å². The Labute approximate surface area is 204 Å². The van der Waals surface area contributed by atoms with Gasteiger partial charge in [0.2, 0.25) is 0 Å². The molecule has 5 heteroatoms. The van der Waals surface area contributed by atoms with E-state index in [1.807, 2.05) is 76.2 Å². The minimum atomic E-state index is 0. The van der Waals surface area contributed by atoms with Gasteiger partial charge in [-0.1, -0.05) is 75.1 Å². The van der Waals surface area contributed by atoms with Crippen molar-refractivity contribution >= 4 is 27.9 Å². The zero-order valence-corrected chi connectivity index (χ0v) is 21.3.